The van der Waals surface area contributed by atoms with E-state index >= 15 is 0 Å². The fourth-order valence-corrected chi connectivity index (χ4v) is 4.93. The molecule has 1 saturated heterocycles. The molecule has 0 bridgehead atoms. The molecule has 6 heteroatoms. The van der Waals surface area contributed by atoms with Crippen LogP contribution < -0.4 is 5.32 Å². The van der Waals surface area contributed by atoms with Crippen LogP contribution in [0.5, 0.6) is 0 Å². The summed E-state index contributed by atoms with van der Waals surface area (Å²) in [5.41, 5.74) is 3.55. The summed E-state index contributed by atoms with van der Waals surface area (Å²) in [6.45, 7) is 1.71. The fraction of sp³-hybridized carbons (Fsp3) is 0.278. The molecule has 0 radical (unpaired) electrons. The molecule has 0 aromatic heterocycles. The summed E-state index contributed by atoms with van der Waals surface area (Å²) in [7, 11) is -3.39. The number of amides is 1. The van der Waals surface area contributed by atoms with Gasteiger partial charge in [0.2, 0.25) is 10.0 Å². The Balaban J connectivity index is 1.69. The molecule has 0 saturated carbocycles. The summed E-state index contributed by atoms with van der Waals surface area (Å²) in [5, 5.41) is 2.83. The Morgan fingerprint density at radius 2 is 1.58 bits per heavy atom. The fourth-order valence-electron chi connectivity index (χ4n) is 3.41. The lowest BCUT2D eigenvalue weighted by molar-refractivity contribution is 0.0965. The van der Waals surface area contributed by atoms with Crippen molar-refractivity contribution in [2.75, 3.05) is 13.1 Å². The van der Waals surface area contributed by atoms with Crippen LogP contribution in [0.2, 0.25) is 0 Å². The predicted octanol–water partition coefficient (Wildman–Crippen LogP) is 2.38. The number of carbonyl (C=O) groups excluding carboxylic acids is 1. The van der Waals surface area contributed by atoms with Gasteiger partial charge >= 0.3 is 0 Å². The van der Waals surface area contributed by atoms with Gasteiger partial charge in [-0.15, -0.1) is 0 Å². The molecule has 2 aliphatic rings. The summed E-state index contributed by atoms with van der Waals surface area (Å²) in [5.74, 6) is -0.0555. The molecule has 24 heavy (non-hydrogen) atoms. The Kier molecular flexibility index (Phi) is 3.66. The predicted molar refractivity (Wildman–Crippen MR) is 91.0 cm³/mol. The second-order valence-electron chi connectivity index (χ2n) is 6.15. The molecule has 2 aromatic carbocycles. The highest BCUT2D eigenvalue weighted by Gasteiger charge is 2.27. The number of hydrogen-bond acceptors (Lipinski definition) is 3. The molecule has 5 nitrogen and oxygen atoms in total. The molecule has 0 atom stereocenters. The van der Waals surface area contributed by atoms with Gasteiger partial charge in [0, 0.05) is 25.2 Å². The van der Waals surface area contributed by atoms with E-state index in [1.807, 2.05) is 30.3 Å². The lowest BCUT2D eigenvalue weighted by Crippen LogP contribution is -2.27. The Morgan fingerprint density at radius 3 is 2.29 bits per heavy atom. The minimum atomic E-state index is -3.39. The molecule has 4 rings (SSSR count). The Bertz CT molecular complexity index is 898. The highest BCUT2D eigenvalue weighted by molar-refractivity contribution is 7.89. The average Bonchev–Trinajstić information content (AvgIpc) is 3.26. The third-order valence-corrected chi connectivity index (χ3v) is 6.63. The van der Waals surface area contributed by atoms with Crippen LogP contribution >= 0.6 is 0 Å². The van der Waals surface area contributed by atoms with E-state index in [9.17, 15) is 13.2 Å². The summed E-state index contributed by atoms with van der Waals surface area (Å²) in [6.07, 6.45) is 1.85. The molecule has 0 spiro atoms. The van der Waals surface area contributed by atoms with E-state index in [0.29, 0.717) is 30.1 Å². The van der Waals surface area contributed by atoms with Crippen molar-refractivity contribution < 1.29 is 13.2 Å². The largest absolute Gasteiger partial charge is 0.348 e. The van der Waals surface area contributed by atoms with Gasteiger partial charge in [-0.3, -0.25) is 4.79 Å². The van der Waals surface area contributed by atoms with Crippen LogP contribution in [0.25, 0.3) is 11.1 Å². The molecule has 2 aliphatic heterocycles. The number of sulfonamides is 1. The Hall–Kier alpha value is -2.18. The zero-order valence-corrected chi connectivity index (χ0v) is 14.0. The van der Waals surface area contributed by atoms with Crippen LogP contribution in [0, 0.1) is 0 Å². The summed E-state index contributed by atoms with van der Waals surface area (Å²) in [4.78, 5) is 12.1. The zero-order chi connectivity index (χ0) is 16.7. The molecule has 1 N–H and O–H groups in total. The molecular weight excluding hydrogens is 324 g/mol. The zero-order valence-electron chi connectivity index (χ0n) is 13.2. The molecule has 0 unspecified atom stereocenters. The minimum Gasteiger partial charge on any atom is -0.348 e. The second kappa shape index (κ2) is 5.72. The van der Waals surface area contributed by atoms with E-state index in [0.717, 1.165) is 29.5 Å². The van der Waals surface area contributed by atoms with Crippen molar-refractivity contribution in [1.82, 2.24) is 9.62 Å². The third-order valence-electron chi connectivity index (χ3n) is 4.71. The van der Waals surface area contributed by atoms with Gasteiger partial charge in [0.05, 0.1) is 4.90 Å². The maximum atomic E-state index is 12.6. The van der Waals surface area contributed by atoms with Gasteiger partial charge in [-0.1, -0.05) is 24.3 Å². The lowest BCUT2D eigenvalue weighted by atomic mass is 9.97. The van der Waals surface area contributed by atoms with Crippen LogP contribution in [-0.2, 0) is 16.6 Å². The van der Waals surface area contributed by atoms with Crippen molar-refractivity contribution >= 4 is 15.9 Å². The summed E-state index contributed by atoms with van der Waals surface area (Å²) in [6, 6.07) is 12.6. The van der Waals surface area contributed by atoms with Crippen molar-refractivity contribution in [3.05, 3.63) is 53.6 Å². The number of nitrogens with one attached hydrogen (secondary N) is 1. The quantitative estimate of drug-likeness (QED) is 0.931. The monoisotopic (exact) mass is 342 g/mol. The van der Waals surface area contributed by atoms with E-state index in [2.05, 4.69) is 5.32 Å². The topological polar surface area (TPSA) is 66.5 Å². The molecular formula is C18H18N2O3S. The first kappa shape index (κ1) is 15.4. The average molecular weight is 342 g/mol. The SMILES string of the molecule is O=C1NCc2c1cccc2-c1ccc(S(=O)(=O)N2CCCC2)cc1. The molecule has 2 heterocycles. The summed E-state index contributed by atoms with van der Waals surface area (Å²) >= 11 is 0. The molecule has 1 amide bonds. The van der Waals surface area contributed by atoms with E-state index in [4.69, 9.17) is 0 Å². The number of fused-ring (bicyclic) bond motifs is 1. The smallest absolute Gasteiger partial charge is 0.251 e. The van der Waals surface area contributed by atoms with Gasteiger partial charge in [-0.2, -0.15) is 4.31 Å². The minimum absolute atomic E-state index is 0.0555. The summed E-state index contributed by atoms with van der Waals surface area (Å²) < 4.78 is 26.7. The van der Waals surface area contributed by atoms with E-state index in [1.165, 1.54) is 0 Å². The molecule has 124 valence electrons. The van der Waals surface area contributed by atoms with E-state index in [-0.39, 0.29) is 5.91 Å². The Morgan fingerprint density at radius 1 is 0.917 bits per heavy atom. The van der Waals surface area contributed by atoms with Crippen LogP contribution in [0.15, 0.2) is 47.4 Å². The number of rotatable bonds is 3. The lowest BCUT2D eigenvalue weighted by Gasteiger charge is -2.16. The molecule has 1 fully saturated rings. The second-order valence-corrected chi connectivity index (χ2v) is 8.09. The van der Waals surface area contributed by atoms with Gasteiger partial charge in [-0.25, -0.2) is 8.42 Å². The molecule has 0 aliphatic carbocycles. The highest BCUT2D eigenvalue weighted by Crippen LogP contribution is 2.30. The number of hydrogen-bond donors (Lipinski definition) is 1. The Labute approximate surface area is 141 Å². The van der Waals surface area contributed by atoms with Crippen LogP contribution in [0.1, 0.15) is 28.8 Å². The van der Waals surface area contributed by atoms with Gasteiger partial charge in [-0.05, 0) is 47.7 Å². The maximum Gasteiger partial charge on any atom is 0.251 e. The maximum absolute atomic E-state index is 12.6. The van der Waals surface area contributed by atoms with Crippen LogP contribution in [0.3, 0.4) is 0 Å². The van der Waals surface area contributed by atoms with Crippen molar-refractivity contribution in [1.29, 1.82) is 0 Å². The van der Waals surface area contributed by atoms with Crippen molar-refractivity contribution in [2.45, 2.75) is 24.3 Å². The van der Waals surface area contributed by atoms with Gasteiger partial charge in [0.1, 0.15) is 0 Å². The van der Waals surface area contributed by atoms with Crippen LogP contribution in [0.4, 0.5) is 0 Å². The van der Waals surface area contributed by atoms with E-state index in [1.54, 1.807) is 16.4 Å². The number of benzene rings is 2. The number of carbonyl (C=O) groups is 1. The van der Waals surface area contributed by atoms with Gasteiger partial charge in [0.15, 0.2) is 0 Å². The van der Waals surface area contributed by atoms with Crippen molar-refractivity contribution in [2.24, 2.45) is 0 Å². The van der Waals surface area contributed by atoms with Gasteiger partial charge in [0.25, 0.3) is 5.91 Å². The first-order chi connectivity index (χ1) is 11.6. The normalized spacial score (nSPS) is 17.8. The van der Waals surface area contributed by atoms with E-state index < -0.39 is 10.0 Å². The highest BCUT2D eigenvalue weighted by atomic mass is 32.2. The van der Waals surface area contributed by atoms with Gasteiger partial charge < -0.3 is 5.32 Å². The third kappa shape index (κ3) is 2.42. The standard InChI is InChI=1S/C18H18N2O3S/c21-18-16-5-3-4-15(17(16)12-19-18)13-6-8-14(9-7-13)24(22,23)20-10-1-2-11-20/h3-9H,1-2,10-12H2,(H,19,21). The van der Waals surface area contributed by atoms with Crippen molar-refractivity contribution in [3.63, 3.8) is 0 Å². The van der Waals surface area contributed by atoms with Crippen LogP contribution in [-0.4, -0.2) is 31.7 Å². The molecule has 2 aromatic rings. The first-order valence-electron chi connectivity index (χ1n) is 8.08. The number of nitrogens with zero attached hydrogens (tertiary/aromatic N) is 1. The van der Waals surface area contributed by atoms with Crippen molar-refractivity contribution in [3.8, 4) is 11.1 Å². The first-order valence-corrected chi connectivity index (χ1v) is 9.52.